The van der Waals surface area contributed by atoms with Gasteiger partial charge in [0.05, 0.1) is 12.2 Å². The predicted octanol–water partition coefficient (Wildman–Crippen LogP) is 8.86. The lowest BCUT2D eigenvalue weighted by atomic mass is 9.86. The Balaban J connectivity index is 1.91. The summed E-state index contributed by atoms with van der Waals surface area (Å²) in [6, 6.07) is 0. The van der Waals surface area contributed by atoms with E-state index in [-0.39, 0.29) is 0 Å². The van der Waals surface area contributed by atoms with Crippen molar-refractivity contribution in [3.05, 3.63) is 0 Å². The summed E-state index contributed by atoms with van der Waals surface area (Å²) in [5.74, 6) is 0.654. The van der Waals surface area contributed by atoms with Crippen LogP contribution >= 0.6 is 0 Å². The molecule has 0 N–H and O–H groups in total. The van der Waals surface area contributed by atoms with Crippen LogP contribution in [0, 0.1) is 5.92 Å². The Morgan fingerprint density at radius 3 is 1.48 bits per heavy atom. The Hall–Kier alpha value is -0.0800. The lowest BCUT2D eigenvalue weighted by Crippen LogP contribution is -2.33. The van der Waals surface area contributed by atoms with Crippen molar-refractivity contribution in [3.8, 4) is 0 Å². The Labute approximate surface area is 183 Å². The molecule has 0 aromatic rings. The molecule has 0 aromatic carbocycles. The van der Waals surface area contributed by atoms with Crippen LogP contribution in [0.1, 0.15) is 143 Å². The van der Waals surface area contributed by atoms with Crippen molar-refractivity contribution < 1.29 is 9.47 Å². The highest BCUT2D eigenvalue weighted by atomic mass is 16.5. The van der Waals surface area contributed by atoms with Crippen LogP contribution in [0.15, 0.2) is 0 Å². The van der Waals surface area contributed by atoms with Crippen LogP contribution in [0.4, 0.5) is 0 Å². The average Bonchev–Trinajstić information content (AvgIpc) is 2.72. The van der Waals surface area contributed by atoms with E-state index in [1.165, 1.54) is 122 Å². The van der Waals surface area contributed by atoms with E-state index in [1.54, 1.807) is 0 Å². The first-order chi connectivity index (χ1) is 14.3. The molecule has 29 heavy (non-hydrogen) atoms. The maximum atomic E-state index is 6.23. The van der Waals surface area contributed by atoms with Gasteiger partial charge in [-0.1, -0.05) is 111 Å². The van der Waals surface area contributed by atoms with Gasteiger partial charge in [0, 0.05) is 13.2 Å². The molecule has 2 heteroatoms. The van der Waals surface area contributed by atoms with Gasteiger partial charge in [-0.15, -0.1) is 0 Å². The molecule has 0 bridgehead atoms. The van der Waals surface area contributed by atoms with Crippen LogP contribution in [0.25, 0.3) is 0 Å². The monoisotopic (exact) mass is 410 g/mol. The summed E-state index contributed by atoms with van der Waals surface area (Å²) in [7, 11) is 0. The molecule has 0 aliphatic heterocycles. The largest absolute Gasteiger partial charge is 0.378 e. The summed E-state index contributed by atoms with van der Waals surface area (Å²) in [5, 5.41) is 0. The van der Waals surface area contributed by atoms with Gasteiger partial charge in [0.2, 0.25) is 0 Å². The summed E-state index contributed by atoms with van der Waals surface area (Å²) in [4.78, 5) is 0. The molecular formula is C27H54O2. The number of hydrogen-bond donors (Lipinski definition) is 0. The van der Waals surface area contributed by atoms with Gasteiger partial charge in [-0.25, -0.2) is 0 Å². The van der Waals surface area contributed by atoms with Crippen molar-refractivity contribution in [3.63, 3.8) is 0 Å². The third kappa shape index (κ3) is 15.4. The molecule has 1 aliphatic rings. The second kappa shape index (κ2) is 19.9. The molecule has 0 saturated heterocycles. The van der Waals surface area contributed by atoms with Gasteiger partial charge >= 0.3 is 0 Å². The van der Waals surface area contributed by atoms with Gasteiger partial charge in [-0.3, -0.25) is 0 Å². The Bertz CT molecular complexity index is 330. The number of hydrogen-bond acceptors (Lipinski definition) is 2. The van der Waals surface area contributed by atoms with Gasteiger partial charge in [0.1, 0.15) is 0 Å². The standard InChI is InChI=1S/C27H54O2/c1-4-6-8-10-12-14-16-18-22-28-26-20-21-27(25(3)24-26)29-23-19-17-15-13-11-9-7-5-2/h25-27H,4-24H2,1-3H3. The summed E-state index contributed by atoms with van der Waals surface area (Å²) >= 11 is 0. The predicted molar refractivity (Wildman–Crippen MR) is 128 cm³/mol. The lowest BCUT2D eigenvalue weighted by Gasteiger charge is -2.34. The van der Waals surface area contributed by atoms with Crippen molar-refractivity contribution >= 4 is 0 Å². The van der Waals surface area contributed by atoms with Gasteiger partial charge in [-0.2, -0.15) is 0 Å². The van der Waals surface area contributed by atoms with E-state index in [4.69, 9.17) is 9.47 Å². The molecule has 0 radical (unpaired) electrons. The summed E-state index contributed by atoms with van der Waals surface area (Å²) < 4.78 is 12.4. The Morgan fingerprint density at radius 2 is 1.00 bits per heavy atom. The third-order valence-corrected chi connectivity index (χ3v) is 6.72. The second-order valence-electron chi connectivity index (χ2n) is 9.64. The molecule has 2 nitrogen and oxygen atoms in total. The fourth-order valence-electron chi connectivity index (χ4n) is 4.67. The maximum absolute atomic E-state index is 6.23. The molecule has 0 heterocycles. The third-order valence-electron chi connectivity index (χ3n) is 6.72. The molecule has 3 atom stereocenters. The quantitative estimate of drug-likeness (QED) is 0.187. The summed E-state index contributed by atoms with van der Waals surface area (Å²) in [5.41, 5.74) is 0. The van der Waals surface area contributed by atoms with Crippen LogP contribution in [0.3, 0.4) is 0 Å². The summed E-state index contributed by atoms with van der Waals surface area (Å²) in [6.45, 7) is 8.87. The highest BCUT2D eigenvalue weighted by Gasteiger charge is 2.28. The van der Waals surface area contributed by atoms with Crippen LogP contribution in [-0.2, 0) is 9.47 Å². The van der Waals surface area contributed by atoms with Gasteiger partial charge < -0.3 is 9.47 Å². The zero-order chi connectivity index (χ0) is 21.0. The van der Waals surface area contributed by atoms with Crippen molar-refractivity contribution in [2.24, 2.45) is 5.92 Å². The molecule has 3 unspecified atom stereocenters. The molecule has 1 saturated carbocycles. The maximum Gasteiger partial charge on any atom is 0.0602 e. The van der Waals surface area contributed by atoms with Crippen molar-refractivity contribution in [2.45, 2.75) is 155 Å². The lowest BCUT2D eigenvalue weighted by molar-refractivity contribution is -0.0606. The minimum Gasteiger partial charge on any atom is -0.378 e. The van der Waals surface area contributed by atoms with E-state index >= 15 is 0 Å². The molecule has 174 valence electrons. The van der Waals surface area contributed by atoms with Crippen molar-refractivity contribution in [1.29, 1.82) is 0 Å². The Morgan fingerprint density at radius 1 is 0.552 bits per heavy atom. The average molecular weight is 411 g/mol. The van der Waals surface area contributed by atoms with E-state index < -0.39 is 0 Å². The number of rotatable bonds is 20. The first-order valence-electron chi connectivity index (χ1n) is 13.5. The number of unbranched alkanes of at least 4 members (excludes halogenated alkanes) is 14. The van der Waals surface area contributed by atoms with Crippen LogP contribution in [0.5, 0.6) is 0 Å². The normalized spacial score (nSPS) is 22.2. The minimum absolute atomic E-state index is 0.475. The van der Waals surface area contributed by atoms with Gasteiger partial charge in [-0.05, 0) is 38.0 Å². The fourth-order valence-corrected chi connectivity index (χ4v) is 4.67. The van der Waals surface area contributed by atoms with Gasteiger partial charge in [0.25, 0.3) is 0 Å². The van der Waals surface area contributed by atoms with E-state index in [9.17, 15) is 0 Å². The molecular weight excluding hydrogens is 356 g/mol. The topological polar surface area (TPSA) is 18.5 Å². The van der Waals surface area contributed by atoms with Crippen LogP contribution < -0.4 is 0 Å². The molecule has 1 aliphatic carbocycles. The second-order valence-corrected chi connectivity index (χ2v) is 9.64. The molecule has 0 aromatic heterocycles. The van der Waals surface area contributed by atoms with E-state index in [0.29, 0.717) is 18.1 Å². The zero-order valence-electron chi connectivity index (χ0n) is 20.4. The van der Waals surface area contributed by atoms with E-state index in [0.717, 1.165) is 13.2 Å². The molecule has 0 amide bonds. The first kappa shape index (κ1) is 27.0. The molecule has 1 rings (SSSR count). The smallest absolute Gasteiger partial charge is 0.0602 e. The highest BCUT2D eigenvalue weighted by molar-refractivity contribution is 4.79. The molecule has 1 fully saturated rings. The van der Waals surface area contributed by atoms with Crippen molar-refractivity contribution in [2.75, 3.05) is 13.2 Å². The fraction of sp³-hybridized carbons (Fsp3) is 1.00. The molecule has 0 spiro atoms. The van der Waals surface area contributed by atoms with Crippen molar-refractivity contribution in [1.82, 2.24) is 0 Å². The van der Waals surface area contributed by atoms with Crippen LogP contribution in [-0.4, -0.2) is 25.4 Å². The Kier molecular flexibility index (Phi) is 18.5. The SMILES string of the molecule is CCCCCCCCCCOC1CCC(OCCCCCCCCCC)C(C)C1. The van der Waals surface area contributed by atoms with E-state index in [1.807, 2.05) is 0 Å². The number of ether oxygens (including phenoxy) is 2. The summed E-state index contributed by atoms with van der Waals surface area (Å²) in [6.07, 6.45) is 26.6. The van der Waals surface area contributed by atoms with Crippen LogP contribution in [0.2, 0.25) is 0 Å². The minimum atomic E-state index is 0.475. The highest BCUT2D eigenvalue weighted by Crippen LogP contribution is 2.29. The van der Waals surface area contributed by atoms with E-state index in [2.05, 4.69) is 20.8 Å². The van der Waals surface area contributed by atoms with Gasteiger partial charge in [0.15, 0.2) is 0 Å². The first-order valence-corrected chi connectivity index (χ1v) is 13.5. The zero-order valence-corrected chi connectivity index (χ0v) is 20.4.